The van der Waals surface area contributed by atoms with E-state index in [4.69, 9.17) is 22.1 Å². The largest absolute Gasteiger partial charge is 0.444 e. The molecule has 2 amide bonds. The molecule has 162 valence electrons. The maximum Gasteiger partial charge on any atom is 0.408 e. The molecule has 3 N–H and O–H groups in total. The number of nitrogens with zero attached hydrogens (tertiary/aromatic N) is 3. The van der Waals surface area contributed by atoms with Crippen LogP contribution < -0.4 is 11.1 Å². The SMILES string of the molecule is Cc1nc(N)c(CCC2CCN(C(=O)[C@@H](C)NC(=O)OC(C)(C)C)CC2)c(Cl)n1. The molecule has 1 aliphatic rings. The Hall–Kier alpha value is -2.09. The van der Waals surface area contributed by atoms with Gasteiger partial charge in [-0.25, -0.2) is 14.8 Å². The normalized spacial score (nSPS) is 16.4. The number of nitrogen functional groups attached to an aromatic ring is 1. The van der Waals surface area contributed by atoms with Gasteiger partial charge < -0.3 is 20.7 Å². The number of hydrogen-bond acceptors (Lipinski definition) is 6. The molecule has 9 heteroatoms. The van der Waals surface area contributed by atoms with Crippen molar-refractivity contribution in [1.82, 2.24) is 20.2 Å². The number of amides is 2. The van der Waals surface area contributed by atoms with Crippen LogP contribution in [-0.4, -0.2) is 51.6 Å². The molecule has 0 unspecified atom stereocenters. The molecule has 2 rings (SSSR count). The van der Waals surface area contributed by atoms with Crippen molar-refractivity contribution in [3.05, 3.63) is 16.5 Å². The van der Waals surface area contributed by atoms with Crippen LogP contribution in [0.3, 0.4) is 0 Å². The van der Waals surface area contributed by atoms with Gasteiger partial charge in [0.05, 0.1) is 0 Å². The molecule has 1 atom stereocenters. The number of anilines is 1. The first-order valence-corrected chi connectivity index (χ1v) is 10.4. The average molecular weight is 426 g/mol. The summed E-state index contributed by atoms with van der Waals surface area (Å²) in [5.74, 6) is 1.40. The van der Waals surface area contributed by atoms with Gasteiger partial charge in [-0.3, -0.25) is 4.79 Å². The van der Waals surface area contributed by atoms with Gasteiger partial charge in [0.25, 0.3) is 0 Å². The van der Waals surface area contributed by atoms with Crippen LogP contribution in [0.15, 0.2) is 0 Å². The molecule has 1 aromatic heterocycles. The van der Waals surface area contributed by atoms with E-state index in [1.54, 1.807) is 39.5 Å². The van der Waals surface area contributed by atoms with Gasteiger partial charge in [0.2, 0.25) is 5.91 Å². The summed E-state index contributed by atoms with van der Waals surface area (Å²) in [7, 11) is 0. The Balaban J connectivity index is 1.80. The average Bonchev–Trinajstić information content (AvgIpc) is 2.59. The smallest absolute Gasteiger partial charge is 0.408 e. The van der Waals surface area contributed by atoms with E-state index >= 15 is 0 Å². The highest BCUT2D eigenvalue weighted by atomic mass is 35.5. The molecule has 1 fully saturated rings. The molecule has 0 aromatic carbocycles. The van der Waals surface area contributed by atoms with Crippen molar-refractivity contribution >= 4 is 29.4 Å². The van der Waals surface area contributed by atoms with Gasteiger partial charge in [-0.2, -0.15) is 0 Å². The Morgan fingerprint density at radius 3 is 2.48 bits per heavy atom. The third kappa shape index (κ3) is 7.03. The topological polar surface area (TPSA) is 110 Å². The number of hydrogen-bond donors (Lipinski definition) is 2. The summed E-state index contributed by atoms with van der Waals surface area (Å²) in [6.07, 6.45) is 2.86. The molecular weight excluding hydrogens is 394 g/mol. The second-order valence-electron chi connectivity index (χ2n) is 8.60. The second-order valence-corrected chi connectivity index (χ2v) is 8.96. The van der Waals surface area contributed by atoms with Gasteiger partial charge in [0.1, 0.15) is 28.4 Å². The highest BCUT2D eigenvalue weighted by Crippen LogP contribution is 2.26. The van der Waals surface area contributed by atoms with E-state index in [0.29, 0.717) is 35.8 Å². The Kier molecular flexibility index (Phi) is 7.68. The number of aromatic nitrogens is 2. The number of piperidine rings is 1. The van der Waals surface area contributed by atoms with Crippen LogP contribution in [0.4, 0.5) is 10.6 Å². The number of carbonyl (C=O) groups is 2. The quantitative estimate of drug-likeness (QED) is 0.701. The van der Waals surface area contributed by atoms with E-state index < -0.39 is 17.7 Å². The van der Waals surface area contributed by atoms with Crippen molar-refractivity contribution in [1.29, 1.82) is 0 Å². The molecule has 0 spiro atoms. The lowest BCUT2D eigenvalue weighted by atomic mass is 9.90. The lowest BCUT2D eigenvalue weighted by Gasteiger charge is -2.34. The van der Waals surface area contributed by atoms with Gasteiger partial charge >= 0.3 is 6.09 Å². The Morgan fingerprint density at radius 1 is 1.31 bits per heavy atom. The fourth-order valence-electron chi connectivity index (χ4n) is 3.42. The molecular formula is C20H32ClN5O3. The highest BCUT2D eigenvalue weighted by molar-refractivity contribution is 6.30. The Bertz CT molecular complexity index is 719. The highest BCUT2D eigenvalue weighted by Gasteiger charge is 2.28. The first-order valence-electron chi connectivity index (χ1n) is 10.0. The van der Waals surface area contributed by atoms with Gasteiger partial charge in [0, 0.05) is 18.7 Å². The molecule has 2 heterocycles. The second kappa shape index (κ2) is 9.61. The van der Waals surface area contributed by atoms with Gasteiger partial charge in [-0.05, 0) is 66.2 Å². The first kappa shape index (κ1) is 23.2. The molecule has 1 saturated heterocycles. The van der Waals surface area contributed by atoms with Crippen LogP contribution in [0.25, 0.3) is 0 Å². The zero-order valence-electron chi connectivity index (χ0n) is 17.9. The van der Waals surface area contributed by atoms with Crippen LogP contribution in [0.2, 0.25) is 5.15 Å². The molecule has 0 saturated carbocycles. The van der Waals surface area contributed by atoms with E-state index in [1.165, 1.54) is 0 Å². The van der Waals surface area contributed by atoms with Crippen molar-refractivity contribution in [2.24, 2.45) is 5.92 Å². The fraction of sp³-hybridized carbons (Fsp3) is 0.700. The minimum Gasteiger partial charge on any atom is -0.444 e. The van der Waals surface area contributed by atoms with Gasteiger partial charge in [-0.1, -0.05) is 11.6 Å². The summed E-state index contributed by atoms with van der Waals surface area (Å²) >= 11 is 6.20. The molecule has 29 heavy (non-hydrogen) atoms. The Morgan fingerprint density at radius 2 is 1.93 bits per heavy atom. The summed E-state index contributed by atoms with van der Waals surface area (Å²) in [5.41, 5.74) is 6.18. The number of halogens is 1. The maximum absolute atomic E-state index is 12.6. The number of carbonyl (C=O) groups excluding carboxylic acids is 2. The number of nitrogens with two attached hydrogens (primary N) is 1. The predicted molar refractivity (Wildman–Crippen MR) is 113 cm³/mol. The monoisotopic (exact) mass is 425 g/mol. The lowest BCUT2D eigenvalue weighted by molar-refractivity contribution is -0.134. The van der Waals surface area contributed by atoms with E-state index in [9.17, 15) is 9.59 Å². The van der Waals surface area contributed by atoms with Crippen molar-refractivity contribution in [3.8, 4) is 0 Å². The third-order valence-electron chi connectivity index (χ3n) is 4.93. The number of aryl methyl sites for hydroxylation is 1. The van der Waals surface area contributed by atoms with E-state index in [-0.39, 0.29) is 5.91 Å². The van der Waals surface area contributed by atoms with E-state index in [0.717, 1.165) is 31.2 Å². The van der Waals surface area contributed by atoms with Gasteiger partial charge in [0.15, 0.2) is 0 Å². The predicted octanol–water partition coefficient (Wildman–Crippen LogP) is 3.11. The number of ether oxygens (including phenoxy) is 1. The van der Waals surface area contributed by atoms with Crippen molar-refractivity contribution in [3.63, 3.8) is 0 Å². The molecule has 0 bridgehead atoms. The number of likely N-dealkylation sites (tertiary alicyclic amines) is 1. The van der Waals surface area contributed by atoms with Crippen LogP contribution in [0.5, 0.6) is 0 Å². The van der Waals surface area contributed by atoms with E-state index in [1.807, 2.05) is 0 Å². The molecule has 1 aromatic rings. The summed E-state index contributed by atoms with van der Waals surface area (Å²) < 4.78 is 5.21. The summed E-state index contributed by atoms with van der Waals surface area (Å²) in [5, 5.41) is 3.03. The van der Waals surface area contributed by atoms with Crippen LogP contribution in [0, 0.1) is 12.8 Å². The number of nitrogens with one attached hydrogen (secondary N) is 1. The standard InChI is InChI=1S/C20H32ClN5O3/c1-12(23-19(28)29-20(3,4)5)18(27)26-10-8-14(9-11-26)6-7-15-16(21)24-13(2)25-17(15)22/h12,14H,6-11H2,1-5H3,(H,23,28)(H2,22,24,25)/t12-/m1/s1. The third-order valence-corrected chi connectivity index (χ3v) is 5.25. The van der Waals surface area contributed by atoms with E-state index in [2.05, 4.69) is 15.3 Å². The van der Waals surface area contributed by atoms with Crippen molar-refractivity contribution in [2.75, 3.05) is 18.8 Å². The zero-order chi connectivity index (χ0) is 21.8. The number of alkyl carbamates (subject to hydrolysis) is 1. The summed E-state index contributed by atoms with van der Waals surface area (Å²) in [4.78, 5) is 34.6. The molecule has 8 nitrogen and oxygen atoms in total. The molecule has 0 radical (unpaired) electrons. The lowest BCUT2D eigenvalue weighted by Crippen LogP contribution is -2.50. The minimum absolute atomic E-state index is 0.0893. The zero-order valence-corrected chi connectivity index (χ0v) is 18.7. The summed E-state index contributed by atoms with van der Waals surface area (Å²) in [6.45, 7) is 10.1. The maximum atomic E-state index is 12.6. The van der Waals surface area contributed by atoms with Gasteiger partial charge in [-0.15, -0.1) is 0 Å². The number of rotatable bonds is 5. The molecule has 0 aliphatic carbocycles. The minimum atomic E-state index is -0.621. The fourth-order valence-corrected chi connectivity index (χ4v) is 3.74. The van der Waals surface area contributed by atoms with Crippen LogP contribution in [-0.2, 0) is 16.0 Å². The van der Waals surface area contributed by atoms with Crippen molar-refractivity contribution < 1.29 is 14.3 Å². The first-order chi connectivity index (χ1) is 13.5. The summed E-state index contributed by atoms with van der Waals surface area (Å²) in [6, 6.07) is -0.621. The Labute approximate surface area is 177 Å². The van der Waals surface area contributed by atoms with Crippen LogP contribution in [0.1, 0.15) is 58.3 Å². The molecule has 1 aliphatic heterocycles. The van der Waals surface area contributed by atoms with Crippen molar-refractivity contribution in [2.45, 2.75) is 71.9 Å². The van der Waals surface area contributed by atoms with Crippen LogP contribution >= 0.6 is 11.6 Å².